The maximum Gasteiger partial charge on any atom is 0.267 e. The number of nitrogens with two attached hydrogens (primary N) is 1. The van der Waals surface area contributed by atoms with Crippen LogP contribution in [-0.4, -0.2) is 29.3 Å². The van der Waals surface area contributed by atoms with Gasteiger partial charge in [-0.3, -0.25) is 9.36 Å². The maximum atomic E-state index is 13.5. The lowest BCUT2D eigenvalue weighted by molar-refractivity contribution is 0.646. The second-order valence-electron chi connectivity index (χ2n) is 6.62. The predicted molar refractivity (Wildman–Crippen MR) is 122 cm³/mol. The molecule has 0 aliphatic rings. The topological polar surface area (TPSA) is 105 Å². The molecule has 5 rings (SSSR count). The third-order valence-electron chi connectivity index (χ3n) is 4.76. The summed E-state index contributed by atoms with van der Waals surface area (Å²) in [4.78, 5) is 27.3. The van der Waals surface area contributed by atoms with Crippen LogP contribution in [0.1, 0.15) is 11.4 Å². The Balaban J connectivity index is 1.80. The monoisotopic (exact) mass is 501 g/mol. The van der Waals surface area contributed by atoms with Gasteiger partial charge in [-0.2, -0.15) is 5.10 Å². The average molecular weight is 503 g/mol. The lowest BCUT2D eigenvalue weighted by atomic mass is 10.2. The van der Waals surface area contributed by atoms with Crippen molar-refractivity contribution < 1.29 is 0 Å². The summed E-state index contributed by atoms with van der Waals surface area (Å²) in [5, 5.41) is 8.05. The first-order valence-corrected chi connectivity index (χ1v) is 10.9. The van der Waals surface area contributed by atoms with E-state index >= 15 is 0 Å². The normalized spacial score (nSPS) is 11.6. The van der Waals surface area contributed by atoms with Gasteiger partial charge in [-0.25, -0.2) is 19.6 Å². The fraction of sp³-hybridized carbons (Fsp3) is 0.105. The van der Waals surface area contributed by atoms with Gasteiger partial charge in [0.2, 0.25) is 0 Å². The number of aromatic nitrogens is 6. The minimum atomic E-state index is -0.175. The highest BCUT2D eigenvalue weighted by Crippen LogP contribution is 2.28. The first-order valence-electron chi connectivity index (χ1n) is 8.83. The summed E-state index contributed by atoms with van der Waals surface area (Å²) in [6, 6.07) is 7.18. The van der Waals surface area contributed by atoms with Crippen molar-refractivity contribution in [3.63, 3.8) is 0 Å². The fourth-order valence-corrected chi connectivity index (χ4v) is 5.11. The third-order valence-corrected chi connectivity index (χ3v) is 6.63. The van der Waals surface area contributed by atoms with E-state index in [1.807, 2.05) is 24.4 Å². The number of rotatable bonds is 3. The lowest BCUT2D eigenvalue weighted by Gasteiger charge is -2.14. The van der Waals surface area contributed by atoms with Crippen LogP contribution in [0.5, 0.6) is 0 Å². The Morgan fingerprint density at radius 2 is 2.03 bits per heavy atom. The summed E-state index contributed by atoms with van der Waals surface area (Å²) in [6.45, 7) is 2.09. The van der Waals surface area contributed by atoms with Crippen LogP contribution in [0, 0.1) is 6.92 Å². The number of para-hydroxylation sites is 1. The second-order valence-corrected chi connectivity index (χ2v) is 8.64. The first kappa shape index (κ1) is 19.2. The molecular weight excluding hydrogens is 490 g/mol. The molecule has 4 heterocycles. The molecule has 0 saturated heterocycles. The highest BCUT2D eigenvalue weighted by molar-refractivity contribution is 9.10. The SMILES string of the molecule is Cc1csc2nc(Cn3nc(Br)c4c(N)ncnc43)n(-c3ccccc3Cl)c(=O)c12. The number of anilines is 1. The van der Waals surface area contributed by atoms with Crippen molar-refractivity contribution in [2.24, 2.45) is 0 Å². The fourth-order valence-electron chi connectivity index (χ4n) is 3.39. The zero-order valence-corrected chi connectivity index (χ0v) is 18.7. The van der Waals surface area contributed by atoms with E-state index in [9.17, 15) is 4.79 Å². The second kappa shape index (κ2) is 7.15. The van der Waals surface area contributed by atoms with E-state index in [1.165, 1.54) is 22.2 Å². The van der Waals surface area contributed by atoms with Crippen molar-refractivity contribution in [3.8, 4) is 5.69 Å². The molecule has 0 spiro atoms. The van der Waals surface area contributed by atoms with E-state index in [4.69, 9.17) is 22.3 Å². The van der Waals surface area contributed by atoms with Crippen molar-refractivity contribution in [1.82, 2.24) is 29.3 Å². The van der Waals surface area contributed by atoms with Crippen LogP contribution in [0.25, 0.3) is 26.9 Å². The summed E-state index contributed by atoms with van der Waals surface area (Å²) in [5.74, 6) is 0.801. The van der Waals surface area contributed by atoms with Gasteiger partial charge in [0, 0.05) is 0 Å². The van der Waals surface area contributed by atoms with Crippen molar-refractivity contribution in [2.45, 2.75) is 13.5 Å². The largest absolute Gasteiger partial charge is 0.383 e. The molecule has 30 heavy (non-hydrogen) atoms. The number of benzene rings is 1. The summed E-state index contributed by atoms with van der Waals surface area (Å²) in [7, 11) is 0. The molecule has 0 amide bonds. The van der Waals surface area contributed by atoms with Gasteiger partial charge in [-0.1, -0.05) is 23.7 Å². The van der Waals surface area contributed by atoms with Crippen LogP contribution in [0.2, 0.25) is 5.02 Å². The van der Waals surface area contributed by atoms with Crippen LogP contribution in [-0.2, 0) is 6.54 Å². The number of aryl methyl sites for hydroxylation is 1. The molecule has 11 heteroatoms. The zero-order chi connectivity index (χ0) is 21.0. The number of halogens is 2. The summed E-state index contributed by atoms with van der Waals surface area (Å²) < 4.78 is 3.70. The van der Waals surface area contributed by atoms with E-state index < -0.39 is 0 Å². The third kappa shape index (κ3) is 2.91. The summed E-state index contributed by atoms with van der Waals surface area (Å²) in [5.41, 5.74) is 7.79. The Hall–Kier alpha value is -2.82. The van der Waals surface area contributed by atoms with Gasteiger partial charge in [0.15, 0.2) is 5.65 Å². The first-order chi connectivity index (χ1) is 14.5. The van der Waals surface area contributed by atoms with Crippen LogP contribution in [0.4, 0.5) is 5.82 Å². The van der Waals surface area contributed by atoms with Gasteiger partial charge < -0.3 is 5.73 Å². The molecule has 150 valence electrons. The van der Waals surface area contributed by atoms with E-state index in [0.717, 1.165) is 5.56 Å². The van der Waals surface area contributed by atoms with E-state index in [1.54, 1.807) is 16.8 Å². The quantitative estimate of drug-likeness (QED) is 0.401. The Kier molecular flexibility index (Phi) is 4.57. The number of nitrogens with zero attached hydrogens (tertiary/aromatic N) is 6. The molecule has 0 bridgehead atoms. The Labute approximate surface area is 187 Å². The van der Waals surface area contributed by atoms with E-state index in [0.29, 0.717) is 48.2 Å². The highest BCUT2D eigenvalue weighted by atomic mass is 79.9. The molecule has 5 aromatic rings. The molecule has 4 aromatic heterocycles. The van der Waals surface area contributed by atoms with E-state index in [-0.39, 0.29) is 12.1 Å². The smallest absolute Gasteiger partial charge is 0.267 e. The van der Waals surface area contributed by atoms with Crippen LogP contribution >= 0.6 is 38.9 Å². The molecule has 0 fully saturated rings. The molecule has 0 atom stereocenters. The van der Waals surface area contributed by atoms with Gasteiger partial charge in [0.05, 0.1) is 21.5 Å². The molecule has 0 aliphatic heterocycles. The highest BCUT2D eigenvalue weighted by Gasteiger charge is 2.20. The molecule has 0 radical (unpaired) electrons. The van der Waals surface area contributed by atoms with Gasteiger partial charge in [-0.15, -0.1) is 11.3 Å². The predicted octanol–water partition coefficient (Wildman–Crippen LogP) is 3.94. The Morgan fingerprint density at radius 3 is 2.83 bits per heavy atom. The van der Waals surface area contributed by atoms with Crippen molar-refractivity contribution in [3.05, 3.63) is 67.3 Å². The van der Waals surface area contributed by atoms with Crippen LogP contribution in [0.15, 0.2) is 45.4 Å². The van der Waals surface area contributed by atoms with Crippen molar-refractivity contribution in [2.75, 3.05) is 5.73 Å². The molecule has 0 aliphatic carbocycles. The number of thiophene rings is 1. The number of nitrogen functional groups attached to an aromatic ring is 1. The van der Waals surface area contributed by atoms with Gasteiger partial charge in [0.1, 0.15) is 33.9 Å². The van der Waals surface area contributed by atoms with E-state index in [2.05, 4.69) is 31.0 Å². The number of hydrogen-bond donors (Lipinski definition) is 1. The minimum Gasteiger partial charge on any atom is -0.383 e. The Bertz CT molecular complexity index is 1510. The molecule has 8 nitrogen and oxygen atoms in total. The minimum absolute atomic E-state index is 0.175. The molecule has 0 saturated carbocycles. The molecule has 1 aromatic carbocycles. The Morgan fingerprint density at radius 1 is 1.23 bits per heavy atom. The molecular formula is C19H13BrClN7OS. The van der Waals surface area contributed by atoms with Gasteiger partial charge in [0.25, 0.3) is 5.56 Å². The van der Waals surface area contributed by atoms with Crippen molar-refractivity contribution >= 4 is 65.9 Å². The maximum absolute atomic E-state index is 13.5. The lowest BCUT2D eigenvalue weighted by Crippen LogP contribution is -2.25. The summed E-state index contributed by atoms with van der Waals surface area (Å²) in [6.07, 6.45) is 1.38. The summed E-state index contributed by atoms with van der Waals surface area (Å²) >= 11 is 11.3. The van der Waals surface area contributed by atoms with Gasteiger partial charge >= 0.3 is 0 Å². The number of fused-ring (bicyclic) bond motifs is 2. The average Bonchev–Trinajstić information content (AvgIpc) is 3.24. The number of hydrogen-bond acceptors (Lipinski definition) is 7. The van der Waals surface area contributed by atoms with Crippen LogP contribution in [0.3, 0.4) is 0 Å². The van der Waals surface area contributed by atoms with Crippen molar-refractivity contribution in [1.29, 1.82) is 0 Å². The standard InChI is InChI=1S/C19H13BrClN7OS/c1-9-7-30-18-13(9)19(29)28(11-5-3-2-4-10(11)21)12(25-18)6-27-17-14(15(20)26-27)16(22)23-8-24-17/h2-5,7-8H,6H2,1H3,(H2,22,23,24). The molecule has 2 N–H and O–H groups in total. The zero-order valence-electron chi connectivity index (χ0n) is 15.5. The van der Waals surface area contributed by atoms with Crippen LogP contribution < -0.4 is 11.3 Å². The molecule has 0 unspecified atom stereocenters. The van der Waals surface area contributed by atoms with Gasteiger partial charge in [-0.05, 0) is 45.9 Å².